The van der Waals surface area contributed by atoms with Gasteiger partial charge < -0.3 is 19.6 Å². The number of rotatable bonds is 5. The number of anilines is 2. The molecule has 3 heterocycles. The van der Waals surface area contributed by atoms with E-state index in [1.807, 2.05) is 12.1 Å². The van der Waals surface area contributed by atoms with Crippen LogP contribution in [0.25, 0.3) is 0 Å². The van der Waals surface area contributed by atoms with Gasteiger partial charge in [0.25, 0.3) is 0 Å². The Hall–Kier alpha value is -2.39. The van der Waals surface area contributed by atoms with E-state index in [-0.39, 0.29) is 43.7 Å². The lowest BCUT2D eigenvalue weighted by Crippen LogP contribution is -2.49. The van der Waals surface area contributed by atoms with E-state index in [1.165, 1.54) is 0 Å². The third-order valence-electron chi connectivity index (χ3n) is 7.22. The minimum atomic E-state index is -1.67. The monoisotopic (exact) mass is 490 g/mol. The molecular weight excluding hydrogens is 459 g/mol. The molecular formula is C24H32ClFN6O2. The highest BCUT2D eigenvalue weighted by Crippen LogP contribution is 2.42. The Bertz CT molecular complexity index is 1030. The number of carbonyl (C=O) groups excluding carboxylic acids is 1. The number of piperidine rings is 1. The van der Waals surface area contributed by atoms with E-state index in [4.69, 9.17) is 16.1 Å². The zero-order chi connectivity index (χ0) is 23.9. The number of hydrogen-bond donors (Lipinski definition) is 1. The van der Waals surface area contributed by atoms with Crippen LogP contribution >= 0.6 is 11.6 Å². The normalized spacial score (nSPS) is 21.2. The summed E-state index contributed by atoms with van der Waals surface area (Å²) in [5, 5.41) is 7.39. The Morgan fingerprint density at radius 3 is 2.53 bits per heavy atom. The maximum Gasteiger partial charge on any atom is 0.321 e. The summed E-state index contributed by atoms with van der Waals surface area (Å²) < 4.78 is 20.8. The number of likely N-dealkylation sites (tertiary alicyclic amines) is 1. The molecule has 0 spiro atoms. The lowest BCUT2D eigenvalue weighted by Gasteiger charge is -2.39. The number of amides is 2. The average Bonchev–Trinajstić information content (AvgIpc) is 3.56. The van der Waals surface area contributed by atoms with E-state index in [9.17, 15) is 4.79 Å². The van der Waals surface area contributed by atoms with Crippen LogP contribution in [0, 0.1) is 0 Å². The number of nitrogens with one attached hydrogen (secondary N) is 1. The predicted octanol–water partition coefficient (Wildman–Crippen LogP) is 4.62. The minimum Gasteiger partial charge on any atom is -0.367 e. The summed E-state index contributed by atoms with van der Waals surface area (Å²) in [4.78, 5) is 23.7. The van der Waals surface area contributed by atoms with Crippen LogP contribution < -0.4 is 10.2 Å². The Balaban J connectivity index is 1.23. The summed E-state index contributed by atoms with van der Waals surface area (Å²) in [5.41, 5.74) is -0.143. The number of carbonyl (C=O) groups is 1. The molecule has 1 aromatic carbocycles. The van der Waals surface area contributed by atoms with Crippen molar-refractivity contribution >= 4 is 29.0 Å². The van der Waals surface area contributed by atoms with Gasteiger partial charge in [-0.05, 0) is 38.8 Å². The first kappa shape index (κ1) is 23.4. The average molecular weight is 491 g/mol. The Morgan fingerprint density at radius 2 is 1.88 bits per heavy atom. The molecule has 1 N–H and O–H groups in total. The maximum absolute atomic E-state index is 15.5. The molecule has 3 aliphatic rings. The second-order valence-corrected chi connectivity index (χ2v) is 10.3. The van der Waals surface area contributed by atoms with E-state index >= 15 is 4.39 Å². The number of urea groups is 1. The number of nitrogens with zero attached hydrogens (tertiary/aromatic N) is 5. The van der Waals surface area contributed by atoms with E-state index in [0.717, 1.165) is 44.7 Å². The summed E-state index contributed by atoms with van der Waals surface area (Å²) in [6, 6.07) is 5.91. The summed E-state index contributed by atoms with van der Waals surface area (Å²) in [6.45, 7) is 8.59. The first-order valence-corrected chi connectivity index (χ1v) is 12.6. The van der Waals surface area contributed by atoms with Gasteiger partial charge in [0.05, 0.1) is 16.4 Å². The molecule has 0 atom stereocenters. The number of piperazine rings is 1. The van der Waals surface area contributed by atoms with Crippen LogP contribution in [0.3, 0.4) is 0 Å². The molecule has 2 saturated heterocycles. The molecule has 1 aromatic heterocycles. The highest BCUT2D eigenvalue weighted by atomic mass is 35.5. The van der Waals surface area contributed by atoms with Crippen molar-refractivity contribution in [1.29, 1.82) is 0 Å². The van der Waals surface area contributed by atoms with Crippen molar-refractivity contribution in [2.45, 2.75) is 57.2 Å². The van der Waals surface area contributed by atoms with Crippen molar-refractivity contribution in [3.63, 3.8) is 0 Å². The van der Waals surface area contributed by atoms with Crippen molar-refractivity contribution < 1.29 is 13.7 Å². The molecule has 2 amide bonds. The maximum atomic E-state index is 15.5. The standard InChI is InChI=1S/C24H32ClFN6O2/c1-16(2)30-12-14-31(15-13-30)19-5-3-4-18(25)20(19)27-23(33)32-10-8-24(26,9-11-32)22-28-21(34-29-22)17-6-7-17/h3-5,16-17H,6-15H2,1-2H3,(H,27,33). The molecule has 10 heteroatoms. The topological polar surface area (TPSA) is 77.7 Å². The largest absolute Gasteiger partial charge is 0.367 e. The third kappa shape index (κ3) is 4.73. The fourth-order valence-corrected chi connectivity index (χ4v) is 4.98. The second kappa shape index (κ2) is 9.34. The quantitative estimate of drug-likeness (QED) is 0.658. The van der Waals surface area contributed by atoms with Crippen LogP contribution in [-0.4, -0.2) is 71.3 Å². The summed E-state index contributed by atoms with van der Waals surface area (Å²) >= 11 is 6.51. The van der Waals surface area contributed by atoms with Crippen molar-refractivity contribution in [2.75, 3.05) is 49.5 Å². The zero-order valence-electron chi connectivity index (χ0n) is 19.8. The fraction of sp³-hybridized carbons (Fsp3) is 0.625. The van der Waals surface area contributed by atoms with Crippen LogP contribution in [0.4, 0.5) is 20.6 Å². The van der Waals surface area contributed by atoms with E-state index in [2.05, 4.69) is 39.1 Å². The molecule has 1 saturated carbocycles. The van der Waals surface area contributed by atoms with Gasteiger partial charge in [-0.25, -0.2) is 9.18 Å². The fourth-order valence-electron chi connectivity index (χ4n) is 4.77. The van der Waals surface area contributed by atoms with Gasteiger partial charge in [-0.15, -0.1) is 0 Å². The van der Waals surface area contributed by atoms with Crippen molar-refractivity contribution in [3.05, 3.63) is 34.9 Å². The molecule has 34 heavy (non-hydrogen) atoms. The van der Waals surface area contributed by atoms with Gasteiger partial charge in [-0.3, -0.25) is 4.90 Å². The number of halogens is 2. The van der Waals surface area contributed by atoms with Crippen molar-refractivity contribution in [3.8, 4) is 0 Å². The molecule has 2 aromatic rings. The molecule has 184 valence electrons. The molecule has 0 bridgehead atoms. The Kier molecular flexibility index (Phi) is 6.41. The molecule has 0 unspecified atom stereocenters. The number of hydrogen-bond acceptors (Lipinski definition) is 6. The summed E-state index contributed by atoms with van der Waals surface area (Å²) in [7, 11) is 0. The highest BCUT2D eigenvalue weighted by Gasteiger charge is 2.43. The third-order valence-corrected chi connectivity index (χ3v) is 7.54. The number of aromatic nitrogens is 2. The predicted molar refractivity (Wildman–Crippen MR) is 129 cm³/mol. The molecule has 5 rings (SSSR count). The van der Waals surface area contributed by atoms with E-state index in [1.54, 1.807) is 11.0 Å². The number of benzene rings is 1. The van der Waals surface area contributed by atoms with Crippen LogP contribution in [0.5, 0.6) is 0 Å². The Morgan fingerprint density at radius 1 is 1.18 bits per heavy atom. The smallest absolute Gasteiger partial charge is 0.321 e. The number of alkyl halides is 1. The second-order valence-electron chi connectivity index (χ2n) is 9.86. The van der Waals surface area contributed by atoms with Crippen molar-refractivity contribution in [1.82, 2.24) is 19.9 Å². The molecule has 0 radical (unpaired) electrons. The van der Waals surface area contributed by atoms with Crippen LogP contribution in [-0.2, 0) is 5.67 Å². The van der Waals surface area contributed by atoms with Crippen LogP contribution in [0.15, 0.2) is 22.7 Å². The van der Waals surface area contributed by atoms with Crippen LogP contribution in [0.1, 0.15) is 57.2 Å². The highest BCUT2D eigenvalue weighted by molar-refractivity contribution is 6.34. The van der Waals surface area contributed by atoms with Crippen molar-refractivity contribution in [2.24, 2.45) is 0 Å². The van der Waals surface area contributed by atoms with Crippen LogP contribution in [0.2, 0.25) is 5.02 Å². The Labute approximate surface area is 204 Å². The van der Waals surface area contributed by atoms with Gasteiger partial charge in [-0.2, -0.15) is 4.98 Å². The molecule has 2 aliphatic heterocycles. The van der Waals surface area contributed by atoms with E-state index in [0.29, 0.717) is 22.6 Å². The van der Waals surface area contributed by atoms with Gasteiger partial charge in [0.15, 0.2) is 5.67 Å². The summed E-state index contributed by atoms with van der Waals surface area (Å²) in [6.07, 6.45) is 2.31. The van der Waals surface area contributed by atoms with E-state index < -0.39 is 5.67 Å². The van der Waals surface area contributed by atoms with Gasteiger partial charge in [0.1, 0.15) is 0 Å². The zero-order valence-corrected chi connectivity index (χ0v) is 20.5. The first-order chi connectivity index (χ1) is 16.3. The lowest BCUT2D eigenvalue weighted by molar-refractivity contribution is 0.0618. The lowest BCUT2D eigenvalue weighted by atomic mass is 9.93. The van der Waals surface area contributed by atoms with Gasteiger partial charge in [0, 0.05) is 64.1 Å². The van der Waals surface area contributed by atoms with Gasteiger partial charge in [-0.1, -0.05) is 22.8 Å². The first-order valence-electron chi connectivity index (χ1n) is 12.2. The summed E-state index contributed by atoms with van der Waals surface area (Å²) in [5.74, 6) is 0.935. The molecule has 8 nitrogen and oxygen atoms in total. The molecule has 1 aliphatic carbocycles. The number of para-hydroxylation sites is 1. The molecule has 3 fully saturated rings. The minimum absolute atomic E-state index is 0.114. The SMILES string of the molecule is CC(C)N1CCN(c2cccc(Cl)c2NC(=O)N2CCC(F)(c3noc(C4CC4)n3)CC2)CC1. The van der Waals surface area contributed by atoms with Gasteiger partial charge >= 0.3 is 6.03 Å². The van der Waals surface area contributed by atoms with Gasteiger partial charge in [0.2, 0.25) is 11.7 Å².